The fraction of sp³-hybridized carbons (Fsp3) is 0.250. The molecule has 0 bridgehead atoms. The Morgan fingerprint density at radius 1 is 1.50 bits per heavy atom. The van der Waals surface area contributed by atoms with Crippen molar-refractivity contribution >= 4 is 11.6 Å². The second-order valence-electron chi connectivity index (χ2n) is 2.59. The molecule has 3 nitrogen and oxygen atoms in total. The molecule has 1 rings (SSSR count). The Morgan fingerprint density at radius 3 is 2.67 bits per heavy atom. The van der Waals surface area contributed by atoms with E-state index in [2.05, 4.69) is 0 Å². The summed E-state index contributed by atoms with van der Waals surface area (Å²) < 4.78 is 0. The van der Waals surface area contributed by atoms with Crippen molar-refractivity contribution in [1.29, 1.82) is 0 Å². The summed E-state index contributed by atoms with van der Waals surface area (Å²) in [5.41, 5.74) is 4.05. The van der Waals surface area contributed by atoms with Gasteiger partial charge in [0, 0.05) is 10.6 Å². The minimum absolute atomic E-state index is 0.400. The SMILES string of the molecule is N[C@@](O)(CO)c1cccc(Cl)c1. The van der Waals surface area contributed by atoms with Gasteiger partial charge in [-0.2, -0.15) is 0 Å². The highest BCUT2D eigenvalue weighted by Gasteiger charge is 2.22. The molecule has 0 aliphatic heterocycles. The van der Waals surface area contributed by atoms with Crippen molar-refractivity contribution in [2.24, 2.45) is 5.73 Å². The molecule has 0 radical (unpaired) electrons. The van der Waals surface area contributed by atoms with Crippen LogP contribution in [0.1, 0.15) is 5.56 Å². The van der Waals surface area contributed by atoms with Crippen molar-refractivity contribution in [3.63, 3.8) is 0 Å². The van der Waals surface area contributed by atoms with Crippen LogP contribution in [-0.4, -0.2) is 16.8 Å². The van der Waals surface area contributed by atoms with Gasteiger partial charge < -0.3 is 10.2 Å². The lowest BCUT2D eigenvalue weighted by molar-refractivity contribution is -0.0135. The minimum Gasteiger partial charge on any atom is -0.392 e. The predicted molar refractivity (Wildman–Crippen MR) is 46.6 cm³/mol. The molecule has 1 aromatic carbocycles. The number of aliphatic hydroxyl groups excluding tert-OH is 1. The van der Waals surface area contributed by atoms with Crippen molar-refractivity contribution < 1.29 is 10.2 Å². The van der Waals surface area contributed by atoms with Crippen molar-refractivity contribution in [3.05, 3.63) is 34.9 Å². The molecule has 0 saturated heterocycles. The van der Waals surface area contributed by atoms with E-state index in [0.29, 0.717) is 10.6 Å². The normalized spacial score (nSPS) is 15.7. The van der Waals surface area contributed by atoms with E-state index >= 15 is 0 Å². The van der Waals surface area contributed by atoms with Gasteiger partial charge >= 0.3 is 0 Å². The molecule has 0 saturated carbocycles. The molecule has 1 aromatic rings. The van der Waals surface area contributed by atoms with Gasteiger partial charge in [-0.3, -0.25) is 5.73 Å². The second-order valence-corrected chi connectivity index (χ2v) is 3.03. The van der Waals surface area contributed by atoms with Crippen LogP contribution in [-0.2, 0) is 5.72 Å². The van der Waals surface area contributed by atoms with E-state index in [1.54, 1.807) is 18.2 Å². The molecule has 0 heterocycles. The van der Waals surface area contributed by atoms with Crippen molar-refractivity contribution in [3.8, 4) is 0 Å². The molecule has 0 unspecified atom stereocenters. The number of halogens is 1. The highest BCUT2D eigenvalue weighted by atomic mass is 35.5. The number of benzene rings is 1. The molecule has 0 amide bonds. The maximum absolute atomic E-state index is 9.39. The highest BCUT2D eigenvalue weighted by Crippen LogP contribution is 2.18. The molecular formula is C8H10ClNO2. The first-order chi connectivity index (χ1) is 5.56. The first-order valence-electron chi connectivity index (χ1n) is 3.44. The van der Waals surface area contributed by atoms with Crippen LogP contribution in [0.4, 0.5) is 0 Å². The summed E-state index contributed by atoms with van der Waals surface area (Å²) in [6.45, 7) is -0.534. The number of hydrogen-bond donors (Lipinski definition) is 3. The maximum atomic E-state index is 9.39. The van der Waals surface area contributed by atoms with Crippen LogP contribution in [0.25, 0.3) is 0 Å². The molecular weight excluding hydrogens is 178 g/mol. The van der Waals surface area contributed by atoms with E-state index in [1.165, 1.54) is 6.07 Å². The zero-order chi connectivity index (χ0) is 9.19. The van der Waals surface area contributed by atoms with Crippen LogP contribution in [0.3, 0.4) is 0 Å². The van der Waals surface area contributed by atoms with Gasteiger partial charge in [0.05, 0.1) is 6.61 Å². The Labute approximate surface area is 75.4 Å². The van der Waals surface area contributed by atoms with Crippen LogP contribution in [0.15, 0.2) is 24.3 Å². The lowest BCUT2D eigenvalue weighted by Gasteiger charge is -2.20. The van der Waals surface area contributed by atoms with E-state index in [1.807, 2.05) is 0 Å². The van der Waals surface area contributed by atoms with E-state index in [-0.39, 0.29) is 0 Å². The van der Waals surface area contributed by atoms with Gasteiger partial charge in [-0.05, 0) is 12.1 Å². The molecule has 4 heteroatoms. The molecule has 4 N–H and O–H groups in total. The summed E-state index contributed by atoms with van der Waals surface area (Å²) in [5.74, 6) is 0. The van der Waals surface area contributed by atoms with Crippen molar-refractivity contribution in [2.75, 3.05) is 6.61 Å². The predicted octanol–water partition coefficient (Wildman–Crippen LogP) is 0.436. The van der Waals surface area contributed by atoms with Gasteiger partial charge in [0.2, 0.25) is 0 Å². The first-order valence-corrected chi connectivity index (χ1v) is 3.82. The molecule has 0 spiro atoms. The van der Waals surface area contributed by atoms with E-state index in [4.69, 9.17) is 22.4 Å². The molecule has 0 aliphatic carbocycles. The molecule has 0 aromatic heterocycles. The van der Waals surface area contributed by atoms with Gasteiger partial charge in [0.15, 0.2) is 5.72 Å². The summed E-state index contributed by atoms with van der Waals surface area (Å²) in [6.07, 6.45) is 0. The number of nitrogens with two attached hydrogens (primary N) is 1. The van der Waals surface area contributed by atoms with E-state index in [9.17, 15) is 5.11 Å². The molecule has 0 fully saturated rings. The number of hydrogen-bond acceptors (Lipinski definition) is 3. The van der Waals surface area contributed by atoms with Crippen molar-refractivity contribution in [2.45, 2.75) is 5.72 Å². The Bertz CT molecular complexity index is 276. The average molecular weight is 188 g/mol. The average Bonchev–Trinajstić information content (AvgIpc) is 2.05. The largest absolute Gasteiger partial charge is 0.392 e. The minimum atomic E-state index is -1.70. The number of rotatable bonds is 2. The Balaban J connectivity index is 3.03. The smallest absolute Gasteiger partial charge is 0.163 e. The Kier molecular flexibility index (Phi) is 2.69. The monoisotopic (exact) mass is 187 g/mol. The highest BCUT2D eigenvalue weighted by molar-refractivity contribution is 6.30. The standard InChI is InChI=1S/C8H10ClNO2/c9-7-3-1-2-6(4-7)8(10,12)5-11/h1-4,11-12H,5,10H2/t8-/m1/s1. The van der Waals surface area contributed by atoms with Gasteiger partial charge in [-0.25, -0.2) is 0 Å². The van der Waals surface area contributed by atoms with Gasteiger partial charge in [0.1, 0.15) is 0 Å². The Morgan fingerprint density at radius 2 is 2.17 bits per heavy atom. The lowest BCUT2D eigenvalue weighted by atomic mass is 10.1. The molecule has 12 heavy (non-hydrogen) atoms. The van der Waals surface area contributed by atoms with E-state index in [0.717, 1.165) is 0 Å². The fourth-order valence-electron chi connectivity index (χ4n) is 0.849. The van der Waals surface area contributed by atoms with Gasteiger partial charge in [-0.1, -0.05) is 23.7 Å². The van der Waals surface area contributed by atoms with Crippen LogP contribution < -0.4 is 5.73 Å². The van der Waals surface area contributed by atoms with Gasteiger partial charge in [0.25, 0.3) is 0 Å². The summed E-state index contributed by atoms with van der Waals surface area (Å²) in [5, 5.41) is 18.6. The maximum Gasteiger partial charge on any atom is 0.163 e. The van der Waals surface area contributed by atoms with Crippen LogP contribution in [0, 0.1) is 0 Å². The van der Waals surface area contributed by atoms with Crippen LogP contribution >= 0.6 is 11.6 Å². The van der Waals surface area contributed by atoms with Crippen LogP contribution in [0.2, 0.25) is 5.02 Å². The molecule has 0 aliphatic rings. The lowest BCUT2D eigenvalue weighted by Crippen LogP contribution is -2.40. The summed E-state index contributed by atoms with van der Waals surface area (Å²) in [7, 11) is 0. The van der Waals surface area contributed by atoms with Crippen molar-refractivity contribution in [1.82, 2.24) is 0 Å². The third kappa shape index (κ3) is 1.95. The zero-order valence-corrected chi connectivity index (χ0v) is 7.12. The quantitative estimate of drug-likeness (QED) is 0.589. The van der Waals surface area contributed by atoms with Crippen LogP contribution in [0.5, 0.6) is 0 Å². The third-order valence-electron chi connectivity index (χ3n) is 1.57. The fourth-order valence-corrected chi connectivity index (χ4v) is 1.04. The topological polar surface area (TPSA) is 66.5 Å². The van der Waals surface area contributed by atoms with Gasteiger partial charge in [-0.15, -0.1) is 0 Å². The molecule has 1 atom stereocenters. The first kappa shape index (κ1) is 9.48. The summed E-state index contributed by atoms with van der Waals surface area (Å²) in [6, 6.07) is 6.43. The summed E-state index contributed by atoms with van der Waals surface area (Å²) >= 11 is 5.66. The summed E-state index contributed by atoms with van der Waals surface area (Å²) in [4.78, 5) is 0. The van der Waals surface area contributed by atoms with E-state index < -0.39 is 12.3 Å². The third-order valence-corrected chi connectivity index (χ3v) is 1.80. The second kappa shape index (κ2) is 3.41. The number of aliphatic hydroxyl groups is 2. The Hall–Kier alpha value is -0.610. The zero-order valence-electron chi connectivity index (χ0n) is 6.37. The molecule has 66 valence electrons.